The van der Waals surface area contributed by atoms with Gasteiger partial charge in [0.25, 0.3) is 10.5 Å². The minimum absolute atomic E-state index is 0.512. The molecule has 0 N–H and O–H groups in total. The summed E-state index contributed by atoms with van der Waals surface area (Å²) >= 11 is 1.51. The molecule has 5 rings (SSSR count). The highest BCUT2D eigenvalue weighted by Crippen LogP contribution is 2.38. The molecule has 0 radical (unpaired) electrons. The Labute approximate surface area is 123 Å². The van der Waals surface area contributed by atoms with Crippen LogP contribution >= 0.6 is 11.3 Å². The van der Waals surface area contributed by atoms with E-state index in [0.29, 0.717) is 12.2 Å². The molecular weight excluding hydrogens is 268 g/mol. The largest absolute Gasteiger partial charge is 0.315 e. The van der Waals surface area contributed by atoms with Crippen molar-refractivity contribution in [1.82, 2.24) is 14.5 Å². The average molecular weight is 282 g/mol. The molecule has 96 valence electrons. The maximum absolute atomic E-state index is 7.90. The number of hydrogen-bond donors (Lipinski definition) is 0. The van der Waals surface area contributed by atoms with Gasteiger partial charge >= 0.3 is 0 Å². The summed E-state index contributed by atoms with van der Waals surface area (Å²) in [6.45, 7) is -1.54. The van der Waals surface area contributed by atoms with Crippen molar-refractivity contribution >= 4 is 32.7 Å². The van der Waals surface area contributed by atoms with Crippen LogP contribution in [0.15, 0.2) is 36.8 Å². The molecule has 5 heterocycles. The van der Waals surface area contributed by atoms with E-state index in [-0.39, 0.29) is 0 Å². The van der Waals surface area contributed by atoms with E-state index in [1.54, 1.807) is 12.4 Å². The fourth-order valence-electron chi connectivity index (χ4n) is 2.96. The van der Waals surface area contributed by atoms with Gasteiger partial charge in [0.15, 0.2) is 11.4 Å². The molecule has 4 nitrogen and oxygen atoms in total. The molecule has 0 aliphatic carbocycles. The summed E-state index contributed by atoms with van der Waals surface area (Å²) in [5, 5.41) is 1.96. The van der Waals surface area contributed by atoms with Crippen molar-refractivity contribution in [2.24, 2.45) is 6.98 Å². The molecule has 0 atom stereocenters. The highest BCUT2D eigenvalue weighted by molar-refractivity contribution is 7.21. The van der Waals surface area contributed by atoms with Gasteiger partial charge in [-0.15, -0.1) is 0 Å². The summed E-state index contributed by atoms with van der Waals surface area (Å²) in [6.07, 6.45) is 5.29. The van der Waals surface area contributed by atoms with Crippen molar-refractivity contribution in [3.8, 4) is 10.6 Å². The molecule has 0 fully saturated rings. The van der Waals surface area contributed by atoms with Crippen molar-refractivity contribution in [2.45, 2.75) is 6.54 Å². The second-order valence-corrected chi connectivity index (χ2v) is 5.87. The van der Waals surface area contributed by atoms with Crippen LogP contribution in [-0.4, -0.2) is 14.5 Å². The van der Waals surface area contributed by atoms with Crippen LogP contribution in [0.3, 0.4) is 0 Å². The number of fused-ring (bicyclic) bond motifs is 7. The van der Waals surface area contributed by atoms with E-state index in [1.165, 1.54) is 21.5 Å². The molecule has 0 saturated carbocycles. The van der Waals surface area contributed by atoms with Gasteiger partial charge in [-0.1, -0.05) is 0 Å². The Kier molecular flexibility index (Phi) is 1.39. The number of rotatable bonds is 0. The topological polar surface area (TPSA) is 34.6 Å². The van der Waals surface area contributed by atoms with Crippen LogP contribution in [0.1, 0.15) is 9.68 Å². The molecular formula is C15H11N4S+. The lowest BCUT2D eigenvalue weighted by atomic mass is 10.2. The van der Waals surface area contributed by atoms with Crippen LogP contribution in [-0.2, 0) is 13.5 Å². The highest BCUT2D eigenvalue weighted by Gasteiger charge is 2.34. The van der Waals surface area contributed by atoms with E-state index in [2.05, 4.69) is 14.5 Å². The Balaban J connectivity index is 1.96. The molecule has 1 aliphatic heterocycles. The fourth-order valence-corrected chi connectivity index (χ4v) is 4.22. The van der Waals surface area contributed by atoms with Crippen LogP contribution in [0, 0.1) is 0 Å². The molecule has 20 heavy (non-hydrogen) atoms. The third-order valence-corrected chi connectivity index (χ3v) is 5.03. The minimum atomic E-state index is -2.26. The molecule has 0 bridgehead atoms. The van der Waals surface area contributed by atoms with E-state index in [4.69, 9.17) is 4.11 Å². The van der Waals surface area contributed by atoms with Crippen molar-refractivity contribution in [2.75, 3.05) is 0 Å². The average Bonchev–Trinajstić information content (AvgIpc) is 3.12. The number of pyridine rings is 2. The lowest BCUT2D eigenvalue weighted by Gasteiger charge is -1.93. The third kappa shape index (κ3) is 1.10. The SMILES string of the molecule is [2H]C([2H])([2H])n1c2ncccc2c2c1sc1[n+]2Cc2cnccc2-1. The first-order valence-electron chi connectivity index (χ1n) is 7.81. The molecule has 4 aromatic heterocycles. The smallest absolute Gasteiger partial charge is 0.272 e. The van der Waals surface area contributed by atoms with Crippen molar-refractivity contribution in [1.29, 1.82) is 0 Å². The van der Waals surface area contributed by atoms with Crippen molar-refractivity contribution in [3.05, 3.63) is 42.4 Å². The van der Waals surface area contributed by atoms with Crippen LogP contribution in [0.2, 0.25) is 0 Å². The molecule has 0 spiro atoms. The highest BCUT2D eigenvalue weighted by atomic mass is 32.1. The van der Waals surface area contributed by atoms with Gasteiger partial charge in [-0.2, -0.15) is 4.57 Å². The standard InChI is InChI=1S/C15H11N4S/c1-18-13-11(3-2-5-17-13)12-15(18)20-14-10-4-6-16-7-9(10)8-19(12)14/h2-7H,8H2,1H3/q+1/i1D3. The summed E-state index contributed by atoms with van der Waals surface area (Å²) < 4.78 is 27.3. The molecule has 0 saturated heterocycles. The van der Waals surface area contributed by atoms with Gasteiger partial charge in [-0.25, -0.2) is 4.98 Å². The third-order valence-electron chi connectivity index (χ3n) is 3.83. The molecule has 0 unspecified atom stereocenters. The Morgan fingerprint density at radius 3 is 3.35 bits per heavy atom. The normalized spacial score (nSPS) is 15.9. The van der Waals surface area contributed by atoms with E-state index >= 15 is 0 Å². The Bertz CT molecular complexity index is 1090. The lowest BCUT2D eigenvalue weighted by molar-refractivity contribution is -0.641. The van der Waals surface area contributed by atoms with Gasteiger partial charge in [0.1, 0.15) is 5.65 Å². The van der Waals surface area contributed by atoms with Crippen molar-refractivity contribution in [3.63, 3.8) is 0 Å². The monoisotopic (exact) mass is 282 g/mol. The summed E-state index contributed by atoms with van der Waals surface area (Å²) in [6, 6.07) is 5.78. The first-order chi connectivity index (χ1) is 11.1. The summed E-state index contributed by atoms with van der Waals surface area (Å²) in [5.74, 6) is 0. The Hall–Kier alpha value is -2.27. The van der Waals surface area contributed by atoms with Gasteiger partial charge in [0, 0.05) is 35.2 Å². The molecule has 1 aliphatic rings. The number of nitrogens with zero attached hydrogens (tertiary/aromatic N) is 4. The van der Waals surface area contributed by atoms with Crippen LogP contribution in [0.25, 0.3) is 32.0 Å². The van der Waals surface area contributed by atoms with E-state index in [1.807, 2.05) is 24.4 Å². The Morgan fingerprint density at radius 1 is 1.40 bits per heavy atom. The first kappa shape index (κ1) is 8.11. The zero-order chi connectivity index (χ0) is 15.8. The molecule has 4 aromatic rings. The van der Waals surface area contributed by atoms with Gasteiger partial charge in [-0.3, -0.25) is 4.98 Å². The maximum atomic E-state index is 7.90. The van der Waals surface area contributed by atoms with Gasteiger partial charge in [0.05, 0.1) is 10.9 Å². The number of aromatic nitrogens is 4. The zero-order valence-electron chi connectivity index (χ0n) is 13.4. The van der Waals surface area contributed by atoms with E-state index < -0.39 is 6.98 Å². The van der Waals surface area contributed by atoms with E-state index in [9.17, 15) is 0 Å². The van der Waals surface area contributed by atoms with E-state index in [0.717, 1.165) is 26.3 Å². The van der Waals surface area contributed by atoms with Gasteiger partial charge in [0.2, 0.25) is 0 Å². The second kappa shape index (κ2) is 3.43. The zero-order valence-corrected chi connectivity index (χ0v) is 11.2. The summed E-state index contributed by atoms with van der Waals surface area (Å²) in [4.78, 5) is 9.25. The molecule has 0 amide bonds. The number of aryl methyl sites for hydroxylation is 1. The number of thiazole rings is 1. The Morgan fingerprint density at radius 2 is 2.40 bits per heavy atom. The minimum Gasteiger partial charge on any atom is -0.315 e. The quantitative estimate of drug-likeness (QED) is 0.409. The van der Waals surface area contributed by atoms with Crippen molar-refractivity contribution < 1.29 is 8.68 Å². The predicted molar refractivity (Wildman–Crippen MR) is 78.6 cm³/mol. The molecule has 0 aromatic carbocycles. The first-order valence-corrected chi connectivity index (χ1v) is 7.13. The summed E-state index contributed by atoms with van der Waals surface area (Å²) in [7, 11) is 0. The molecule has 5 heteroatoms. The van der Waals surface area contributed by atoms with Crippen LogP contribution < -0.4 is 4.57 Å². The second-order valence-electron chi connectivity index (χ2n) is 4.89. The maximum Gasteiger partial charge on any atom is 0.272 e. The predicted octanol–water partition coefficient (Wildman–Crippen LogP) is 2.50. The van der Waals surface area contributed by atoms with Crippen LogP contribution in [0.4, 0.5) is 0 Å². The lowest BCUT2D eigenvalue weighted by Crippen LogP contribution is -2.30. The van der Waals surface area contributed by atoms with Crippen LogP contribution in [0.5, 0.6) is 0 Å². The fraction of sp³-hybridized carbons (Fsp3) is 0.133. The van der Waals surface area contributed by atoms with Gasteiger partial charge < -0.3 is 4.57 Å². The van der Waals surface area contributed by atoms with Gasteiger partial charge in [-0.05, 0) is 29.5 Å². The summed E-state index contributed by atoms with van der Waals surface area (Å²) in [5.41, 5.74) is 3.76. The number of hydrogen-bond acceptors (Lipinski definition) is 3.